The number of piperidine rings is 1. The molecule has 0 saturated carbocycles. The van der Waals surface area contributed by atoms with Gasteiger partial charge in [0, 0.05) is 60.8 Å². The molecule has 0 amide bonds. The smallest absolute Gasteiger partial charge is 0.225 e. The number of aliphatic hydroxyl groups excluding tert-OH is 1. The SMILES string of the molecule is CSCCON=C1CCN(c2ncc(-c3cccc(CO)c3F)cn2)CC1. The number of thioether (sulfide) groups is 1. The van der Waals surface area contributed by atoms with E-state index in [1.807, 2.05) is 6.26 Å². The molecule has 3 rings (SSSR count). The first-order chi connectivity index (χ1) is 13.2. The summed E-state index contributed by atoms with van der Waals surface area (Å²) in [5.41, 5.74) is 2.31. The minimum Gasteiger partial charge on any atom is -0.395 e. The molecule has 2 aromatic rings. The predicted octanol–water partition coefficient (Wildman–Crippen LogP) is 3.11. The van der Waals surface area contributed by atoms with E-state index in [1.165, 1.54) is 0 Å². The van der Waals surface area contributed by atoms with Crippen molar-refractivity contribution in [2.24, 2.45) is 5.16 Å². The highest BCUT2D eigenvalue weighted by molar-refractivity contribution is 7.98. The van der Waals surface area contributed by atoms with Gasteiger partial charge < -0.3 is 14.8 Å². The van der Waals surface area contributed by atoms with Crippen LogP contribution >= 0.6 is 11.8 Å². The molecule has 1 aliphatic rings. The van der Waals surface area contributed by atoms with Gasteiger partial charge in [0.05, 0.1) is 12.3 Å². The third-order valence-corrected chi connectivity index (χ3v) is 4.97. The predicted molar refractivity (Wildman–Crippen MR) is 107 cm³/mol. The van der Waals surface area contributed by atoms with E-state index < -0.39 is 5.82 Å². The molecule has 2 heterocycles. The highest BCUT2D eigenvalue weighted by Gasteiger charge is 2.18. The number of hydrogen-bond acceptors (Lipinski definition) is 7. The molecule has 0 unspecified atom stereocenters. The molecule has 0 bridgehead atoms. The molecule has 1 aromatic heterocycles. The number of aromatic nitrogens is 2. The highest BCUT2D eigenvalue weighted by atomic mass is 32.2. The molecule has 1 aliphatic heterocycles. The fraction of sp³-hybridized carbons (Fsp3) is 0.421. The molecule has 1 aromatic carbocycles. The Balaban J connectivity index is 1.62. The van der Waals surface area contributed by atoms with Crippen LogP contribution in [-0.4, -0.2) is 52.5 Å². The summed E-state index contributed by atoms with van der Waals surface area (Å²) < 4.78 is 14.4. The number of benzene rings is 1. The second kappa shape index (κ2) is 9.66. The average Bonchev–Trinajstić information content (AvgIpc) is 2.72. The first-order valence-corrected chi connectivity index (χ1v) is 10.2. The van der Waals surface area contributed by atoms with Crippen LogP contribution in [0.5, 0.6) is 0 Å². The van der Waals surface area contributed by atoms with E-state index in [-0.39, 0.29) is 12.2 Å². The first kappa shape index (κ1) is 19.6. The largest absolute Gasteiger partial charge is 0.395 e. The summed E-state index contributed by atoms with van der Waals surface area (Å²) in [4.78, 5) is 16.2. The lowest BCUT2D eigenvalue weighted by Crippen LogP contribution is -2.35. The molecule has 0 radical (unpaired) electrons. The lowest BCUT2D eigenvalue weighted by Gasteiger charge is -2.27. The zero-order valence-corrected chi connectivity index (χ0v) is 16.1. The Hall–Kier alpha value is -2.19. The van der Waals surface area contributed by atoms with E-state index in [0.717, 1.165) is 37.4 Å². The fourth-order valence-corrected chi connectivity index (χ4v) is 3.10. The molecule has 144 valence electrons. The normalized spacial score (nSPS) is 14.3. The van der Waals surface area contributed by atoms with Crippen LogP contribution in [-0.2, 0) is 11.4 Å². The zero-order valence-electron chi connectivity index (χ0n) is 15.3. The first-order valence-electron chi connectivity index (χ1n) is 8.85. The molecular formula is C19H23FN4O2S. The fourth-order valence-electron chi connectivity index (χ4n) is 2.86. The molecule has 0 spiro atoms. The van der Waals surface area contributed by atoms with Crippen molar-refractivity contribution in [3.63, 3.8) is 0 Å². The van der Waals surface area contributed by atoms with Gasteiger partial charge in [-0.15, -0.1) is 0 Å². The zero-order chi connectivity index (χ0) is 19.1. The van der Waals surface area contributed by atoms with Crippen LogP contribution < -0.4 is 4.90 Å². The lowest BCUT2D eigenvalue weighted by atomic mass is 10.1. The van der Waals surface area contributed by atoms with Crippen LogP contribution in [0.1, 0.15) is 18.4 Å². The third-order valence-electron chi connectivity index (χ3n) is 4.39. The second-order valence-electron chi connectivity index (χ2n) is 6.18. The van der Waals surface area contributed by atoms with Gasteiger partial charge in [0.1, 0.15) is 12.4 Å². The molecule has 27 heavy (non-hydrogen) atoms. The van der Waals surface area contributed by atoms with Gasteiger partial charge >= 0.3 is 0 Å². The lowest BCUT2D eigenvalue weighted by molar-refractivity contribution is 0.160. The van der Waals surface area contributed by atoms with Crippen molar-refractivity contribution in [2.75, 3.05) is 36.6 Å². The maximum atomic E-state index is 14.4. The van der Waals surface area contributed by atoms with Gasteiger partial charge in [0.15, 0.2) is 0 Å². The van der Waals surface area contributed by atoms with E-state index in [2.05, 4.69) is 20.0 Å². The number of nitrogens with zero attached hydrogens (tertiary/aromatic N) is 4. The molecular weight excluding hydrogens is 367 g/mol. The van der Waals surface area contributed by atoms with Crippen molar-refractivity contribution in [3.8, 4) is 11.1 Å². The topological polar surface area (TPSA) is 70.8 Å². The van der Waals surface area contributed by atoms with Gasteiger partial charge in [-0.3, -0.25) is 0 Å². The number of halogens is 1. The average molecular weight is 390 g/mol. The minimum absolute atomic E-state index is 0.263. The molecule has 1 saturated heterocycles. The Morgan fingerprint density at radius 1 is 1.26 bits per heavy atom. The van der Waals surface area contributed by atoms with Gasteiger partial charge in [0.2, 0.25) is 5.95 Å². The van der Waals surface area contributed by atoms with Crippen molar-refractivity contribution in [3.05, 3.63) is 42.0 Å². The van der Waals surface area contributed by atoms with Crippen LogP contribution in [0.15, 0.2) is 35.7 Å². The van der Waals surface area contributed by atoms with Gasteiger partial charge in [-0.05, 0) is 6.26 Å². The van der Waals surface area contributed by atoms with Crippen molar-refractivity contribution >= 4 is 23.4 Å². The van der Waals surface area contributed by atoms with E-state index in [0.29, 0.717) is 23.7 Å². The number of oxime groups is 1. The van der Waals surface area contributed by atoms with Gasteiger partial charge in [-0.1, -0.05) is 23.4 Å². The van der Waals surface area contributed by atoms with Gasteiger partial charge in [0.25, 0.3) is 0 Å². The highest BCUT2D eigenvalue weighted by Crippen LogP contribution is 2.25. The number of hydrogen-bond donors (Lipinski definition) is 1. The summed E-state index contributed by atoms with van der Waals surface area (Å²) >= 11 is 1.73. The van der Waals surface area contributed by atoms with Crippen LogP contribution in [0.2, 0.25) is 0 Å². The molecule has 6 nitrogen and oxygen atoms in total. The van der Waals surface area contributed by atoms with Crippen LogP contribution in [0.4, 0.5) is 10.3 Å². The standard InChI is InChI=1S/C19H23FN4O2S/c1-27-10-9-26-23-16-5-7-24(8-6-16)19-21-11-15(12-22-19)17-4-2-3-14(13-25)18(17)20/h2-4,11-12,25H,5-10,13H2,1H3. The third kappa shape index (κ3) is 4.95. The van der Waals surface area contributed by atoms with Crippen LogP contribution in [0, 0.1) is 5.82 Å². The molecule has 8 heteroatoms. The molecule has 0 aliphatic carbocycles. The Labute approximate surface area is 162 Å². The van der Waals surface area contributed by atoms with Crippen LogP contribution in [0.3, 0.4) is 0 Å². The van der Waals surface area contributed by atoms with Crippen molar-refractivity contribution in [2.45, 2.75) is 19.4 Å². The van der Waals surface area contributed by atoms with Crippen LogP contribution in [0.25, 0.3) is 11.1 Å². The summed E-state index contributed by atoms with van der Waals surface area (Å²) in [6.45, 7) is 1.85. The van der Waals surface area contributed by atoms with E-state index in [1.54, 1.807) is 42.4 Å². The van der Waals surface area contributed by atoms with Crippen molar-refractivity contribution in [1.29, 1.82) is 0 Å². The summed E-state index contributed by atoms with van der Waals surface area (Å²) in [6.07, 6.45) is 6.92. The quantitative estimate of drug-likeness (QED) is 0.579. The second-order valence-corrected chi connectivity index (χ2v) is 7.16. The maximum absolute atomic E-state index is 14.4. The van der Waals surface area contributed by atoms with Gasteiger partial charge in [-0.2, -0.15) is 11.8 Å². The number of rotatable bonds is 7. The Morgan fingerprint density at radius 2 is 2.00 bits per heavy atom. The van der Waals surface area contributed by atoms with Gasteiger partial charge in [-0.25, -0.2) is 14.4 Å². The Bertz CT molecular complexity index is 776. The van der Waals surface area contributed by atoms with E-state index >= 15 is 0 Å². The summed E-state index contributed by atoms with van der Waals surface area (Å²) in [5.74, 6) is 1.13. The Morgan fingerprint density at radius 3 is 2.67 bits per heavy atom. The van der Waals surface area contributed by atoms with Crippen molar-refractivity contribution in [1.82, 2.24) is 9.97 Å². The van der Waals surface area contributed by atoms with E-state index in [4.69, 9.17) is 4.84 Å². The Kier molecular flexibility index (Phi) is 7.00. The molecule has 0 atom stereocenters. The van der Waals surface area contributed by atoms with Crippen molar-refractivity contribution < 1.29 is 14.3 Å². The molecule has 1 fully saturated rings. The number of aliphatic hydroxyl groups is 1. The molecule has 1 N–H and O–H groups in total. The summed E-state index contributed by atoms with van der Waals surface area (Å²) in [6, 6.07) is 4.93. The summed E-state index contributed by atoms with van der Waals surface area (Å²) in [5, 5.41) is 13.4. The number of anilines is 1. The monoisotopic (exact) mass is 390 g/mol. The van der Waals surface area contributed by atoms with E-state index in [9.17, 15) is 9.50 Å². The minimum atomic E-state index is -0.434. The summed E-state index contributed by atoms with van der Waals surface area (Å²) in [7, 11) is 0. The maximum Gasteiger partial charge on any atom is 0.225 e.